The van der Waals surface area contributed by atoms with Crippen LogP contribution in [-0.4, -0.2) is 27.6 Å². The van der Waals surface area contributed by atoms with E-state index in [4.69, 9.17) is 0 Å². The summed E-state index contributed by atoms with van der Waals surface area (Å²) in [5, 5.41) is 18.9. The first kappa shape index (κ1) is 23.8. The van der Waals surface area contributed by atoms with Crippen molar-refractivity contribution >= 4 is 22.3 Å². The molecule has 1 fully saturated rings. The summed E-state index contributed by atoms with van der Waals surface area (Å²) >= 11 is 0. The van der Waals surface area contributed by atoms with E-state index in [1.165, 1.54) is 24.5 Å². The van der Waals surface area contributed by atoms with Gasteiger partial charge in [0.2, 0.25) is 5.95 Å². The fourth-order valence-corrected chi connectivity index (χ4v) is 4.08. The number of fused-ring (bicyclic) bond motifs is 1. The quantitative estimate of drug-likeness (QED) is 0.353. The summed E-state index contributed by atoms with van der Waals surface area (Å²) < 4.78 is 28.8. The van der Waals surface area contributed by atoms with Gasteiger partial charge in [0.1, 0.15) is 11.6 Å². The molecule has 1 aromatic carbocycles. The molecule has 4 N–H and O–H groups in total. The Morgan fingerprint density at radius 2 is 2.00 bits per heavy atom. The first-order valence-electron chi connectivity index (χ1n) is 11.9. The molecule has 1 unspecified atom stereocenters. The zero-order valence-electron chi connectivity index (χ0n) is 20.4. The molecule has 2 aromatic heterocycles. The standard InChI is InChI=1S/C26H28F2N8/c1-26(2,3)14-32-23-16(10-29)12-31-25-19(23)8-17(9-20(25)27)33-24(15-4-7-22(28)30-11-15)21-13-36(35-34-21)18-5-6-18/h4,7-9,11-13,18,24,33-35H,5-6,14H2,1-3H3,(H,31,32). The second-order valence-electron chi connectivity index (χ2n) is 10.4. The average Bonchev–Trinajstić information content (AvgIpc) is 3.58. The molecular formula is C26H28F2N8. The van der Waals surface area contributed by atoms with Crippen molar-refractivity contribution in [2.24, 2.45) is 5.41 Å². The molecule has 3 aromatic rings. The van der Waals surface area contributed by atoms with E-state index in [9.17, 15) is 9.65 Å². The van der Waals surface area contributed by atoms with Crippen LogP contribution in [0, 0.1) is 28.5 Å². The maximum absolute atomic E-state index is 15.3. The number of anilines is 2. The van der Waals surface area contributed by atoms with Crippen molar-refractivity contribution in [1.82, 2.24) is 25.9 Å². The van der Waals surface area contributed by atoms with Gasteiger partial charge in [0.25, 0.3) is 0 Å². The second-order valence-corrected chi connectivity index (χ2v) is 10.4. The molecule has 8 nitrogen and oxygen atoms in total. The number of nitrogens with zero attached hydrogens (tertiary/aromatic N) is 4. The van der Waals surface area contributed by atoms with Crippen LogP contribution in [0.1, 0.15) is 50.8 Å². The third-order valence-electron chi connectivity index (χ3n) is 6.09. The number of nitrogens with one attached hydrogen (secondary N) is 4. The first-order chi connectivity index (χ1) is 17.2. The summed E-state index contributed by atoms with van der Waals surface area (Å²) in [7, 11) is 0. The van der Waals surface area contributed by atoms with E-state index in [0.29, 0.717) is 40.5 Å². The Bertz CT molecular complexity index is 1350. The van der Waals surface area contributed by atoms with E-state index in [-0.39, 0.29) is 10.9 Å². The number of hydrogen-bond donors (Lipinski definition) is 4. The first-order valence-corrected chi connectivity index (χ1v) is 11.9. The number of rotatable bonds is 7. The van der Waals surface area contributed by atoms with Crippen LogP contribution in [0.15, 0.2) is 48.6 Å². The van der Waals surface area contributed by atoms with Crippen molar-refractivity contribution in [3.63, 3.8) is 0 Å². The minimum absolute atomic E-state index is 0.0571. The fraction of sp³-hybridized carbons (Fsp3) is 0.346. The highest BCUT2D eigenvalue weighted by Crippen LogP contribution is 2.35. The molecule has 1 aliphatic heterocycles. The Hall–Kier alpha value is -3.97. The van der Waals surface area contributed by atoms with Gasteiger partial charge in [-0.15, -0.1) is 5.53 Å². The molecule has 186 valence electrons. The minimum Gasteiger partial charge on any atom is -0.383 e. The average molecular weight is 491 g/mol. The Kier molecular flexibility index (Phi) is 6.10. The third kappa shape index (κ3) is 5.02. The smallest absolute Gasteiger partial charge is 0.212 e. The maximum Gasteiger partial charge on any atom is 0.212 e. The number of hydrogen-bond acceptors (Lipinski definition) is 8. The lowest BCUT2D eigenvalue weighted by Gasteiger charge is -2.23. The van der Waals surface area contributed by atoms with E-state index >= 15 is 4.39 Å². The van der Waals surface area contributed by atoms with Crippen LogP contribution in [-0.2, 0) is 0 Å². The van der Waals surface area contributed by atoms with Crippen molar-refractivity contribution in [3.8, 4) is 6.07 Å². The zero-order valence-corrected chi connectivity index (χ0v) is 20.4. The Morgan fingerprint density at radius 1 is 1.19 bits per heavy atom. The van der Waals surface area contributed by atoms with Crippen LogP contribution >= 0.6 is 0 Å². The number of pyridine rings is 2. The molecule has 1 aliphatic carbocycles. The third-order valence-corrected chi connectivity index (χ3v) is 6.09. The van der Waals surface area contributed by atoms with Crippen molar-refractivity contribution in [2.75, 3.05) is 17.2 Å². The van der Waals surface area contributed by atoms with Crippen molar-refractivity contribution in [1.29, 1.82) is 5.26 Å². The summed E-state index contributed by atoms with van der Waals surface area (Å²) in [6, 6.07) is 8.21. The van der Waals surface area contributed by atoms with Gasteiger partial charge in [-0.05, 0) is 42.0 Å². The molecule has 0 saturated heterocycles. The highest BCUT2D eigenvalue weighted by molar-refractivity contribution is 5.96. The van der Waals surface area contributed by atoms with Gasteiger partial charge in [-0.2, -0.15) is 9.65 Å². The van der Waals surface area contributed by atoms with Gasteiger partial charge in [0.05, 0.1) is 23.0 Å². The Morgan fingerprint density at radius 3 is 2.67 bits per heavy atom. The van der Waals surface area contributed by atoms with Gasteiger partial charge in [-0.25, -0.2) is 9.37 Å². The molecule has 3 heterocycles. The molecule has 0 spiro atoms. The zero-order chi connectivity index (χ0) is 25.4. The molecule has 1 atom stereocenters. The molecule has 0 amide bonds. The number of nitriles is 1. The number of hydrazine groups is 2. The second kappa shape index (κ2) is 9.24. The summed E-state index contributed by atoms with van der Waals surface area (Å²) in [5.41, 5.74) is 9.28. The predicted molar refractivity (Wildman–Crippen MR) is 134 cm³/mol. The van der Waals surface area contributed by atoms with Crippen LogP contribution in [0.25, 0.3) is 10.9 Å². The largest absolute Gasteiger partial charge is 0.383 e. The molecular weight excluding hydrogens is 462 g/mol. The van der Waals surface area contributed by atoms with Crippen molar-refractivity contribution in [3.05, 3.63) is 71.4 Å². The Labute approximate surface area is 208 Å². The van der Waals surface area contributed by atoms with Gasteiger partial charge in [0, 0.05) is 42.3 Å². The molecule has 2 aliphatic rings. The summed E-state index contributed by atoms with van der Waals surface area (Å²) in [5.74, 6) is -1.09. The predicted octanol–water partition coefficient (Wildman–Crippen LogP) is 4.72. The van der Waals surface area contributed by atoms with E-state index in [1.807, 2.05) is 11.2 Å². The van der Waals surface area contributed by atoms with E-state index in [1.54, 1.807) is 12.1 Å². The summed E-state index contributed by atoms with van der Waals surface area (Å²) in [6.07, 6.45) is 7.01. The minimum atomic E-state index is -0.579. The summed E-state index contributed by atoms with van der Waals surface area (Å²) in [6.45, 7) is 6.81. The van der Waals surface area contributed by atoms with E-state index in [2.05, 4.69) is 58.4 Å². The van der Waals surface area contributed by atoms with Crippen LogP contribution in [0.4, 0.5) is 20.2 Å². The number of benzene rings is 1. The van der Waals surface area contributed by atoms with Crippen LogP contribution < -0.4 is 21.6 Å². The lowest BCUT2D eigenvalue weighted by molar-refractivity contribution is 0.260. The van der Waals surface area contributed by atoms with Gasteiger partial charge < -0.3 is 16.1 Å². The van der Waals surface area contributed by atoms with Crippen molar-refractivity contribution in [2.45, 2.75) is 45.7 Å². The number of halogens is 2. The van der Waals surface area contributed by atoms with Crippen LogP contribution in [0.2, 0.25) is 0 Å². The lowest BCUT2D eigenvalue weighted by atomic mass is 9.96. The Balaban J connectivity index is 1.55. The van der Waals surface area contributed by atoms with Crippen LogP contribution in [0.5, 0.6) is 0 Å². The fourth-order valence-electron chi connectivity index (χ4n) is 4.08. The van der Waals surface area contributed by atoms with Gasteiger partial charge in [-0.3, -0.25) is 9.99 Å². The topological polar surface area (TPSA) is 101 Å². The normalized spacial score (nSPS) is 16.3. The van der Waals surface area contributed by atoms with Crippen molar-refractivity contribution < 1.29 is 8.78 Å². The van der Waals surface area contributed by atoms with E-state index in [0.717, 1.165) is 18.5 Å². The van der Waals surface area contributed by atoms with Crippen LogP contribution in [0.3, 0.4) is 0 Å². The maximum atomic E-state index is 15.3. The highest BCUT2D eigenvalue weighted by Gasteiger charge is 2.32. The van der Waals surface area contributed by atoms with Gasteiger partial charge in [0.15, 0.2) is 5.82 Å². The molecule has 5 rings (SSSR count). The molecule has 0 bridgehead atoms. The number of aromatic nitrogens is 2. The molecule has 10 heteroatoms. The summed E-state index contributed by atoms with van der Waals surface area (Å²) in [4.78, 5) is 8.01. The van der Waals surface area contributed by atoms with Gasteiger partial charge in [-0.1, -0.05) is 26.8 Å². The lowest BCUT2D eigenvalue weighted by Crippen LogP contribution is -2.38. The molecule has 1 saturated carbocycles. The molecule has 36 heavy (non-hydrogen) atoms. The monoisotopic (exact) mass is 490 g/mol. The van der Waals surface area contributed by atoms with Gasteiger partial charge >= 0.3 is 0 Å². The highest BCUT2D eigenvalue weighted by atomic mass is 19.1. The molecule has 0 radical (unpaired) electrons. The van der Waals surface area contributed by atoms with E-state index < -0.39 is 17.8 Å². The SMILES string of the molecule is CC(C)(C)CNc1c(C#N)cnc2c(F)cc(NC(C3=CN(C4CC4)NN3)c3ccc(F)nc3)cc12.